The lowest BCUT2D eigenvalue weighted by atomic mass is 9.90. The normalized spacial score (nSPS) is 17.0. The summed E-state index contributed by atoms with van der Waals surface area (Å²) >= 11 is 0. The Kier molecular flexibility index (Phi) is 4.38. The lowest BCUT2D eigenvalue weighted by Crippen LogP contribution is -2.24. The molecule has 25 heavy (non-hydrogen) atoms. The number of carbonyl (C=O) groups is 1. The molecule has 1 N–H and O–H groups in total. The van der Waals surface area contributed by atoms with Crippen LogP contribution in [0.25, 0.3) is 0 Å². The van der Waals surface area contributed by atoms with Crippen LogP contribution in [0.15, 0.2) is 29.1 Å². The Morgan fingerprint density at radius 2 is 1.84 bits per heavy atom. The molecular weight excluding hydrogens is 314 g/mol. The number of aryl methyl sites for hydroxylation is 2. The summed E-state index contributed by atoms with van der Waals surface area (Å²) in [6.07, 6.45) is 7.33. The van der Waals surface area contributed by atoms with Crippen LogP contribution in [0.1, 0.15) is 48.1 Å². The molecule has 1 fully saturated rings. The van der Waals surface area contributed by atoms with Gasteiger partial charge in [0.25, 0.3) is 5.56 Å². The van der Waals surface area contributed by atoms with Crippen LogP contribution in [0.3, 0.4) is 0 Å². The number of anilines is 1. The average molecular weight is 337 g/mol. The smallest absolute Gasteiger partial charge is 0.267 e. The summed E-state index contributed by atoms with van der Waals surface area (Å²) in [4.78, 5) is 25.8. The summed E-state index contributed by atoms with van der Waals surface area (Å²) < 4.78 is 0. The molecule has 0 spiro atoms. The van der Waals surface area contributed by atoms with E-state index in [4.69, 9.17) is 0 Å². The van der Waals surface area contributed by atoms with Crippen LogP contribution in [0.5, 0.6) is 0 Å². The minimum Gasteiger partial charge on any atom is -0.312 e. The molecular formula is C20H23N3O2. The number of nitrogens with one attached hydrogen (secondary N) is 1. The molecule has 2 aliphatic rings. The van der Waals surface area contributed by atoms with Gasteiger partial charge in [0.05, 0.1) is 5.69 Å². The third-order valence-electron chi connectivity index (χ3n) is 5.33. The maximum absolute atomic E-state index is 12.0. The van der Waals surface area contributed by atoms with Gasteiger partial charge in [-0.05, 0) is 68.2 Å². The summed E-state index contributed by atoms with van der Waals surface area (Å²) in [5, 5.41) is 6.98. The first-order chi connectivity index (χ1) is 12.2. The zero-order valence-corrected chi connectivity index (χ0v) is 14.4. The minimum atomic E-state index is -0.0204. The molecule has 2 heterocycles. The van der Waals surface area contributed by atoms with Crippen molar-refractivity contribution in [3.8, 4) is 0 Å². The first-order valence-corrected chi connectivity index (χ1v) is 9.21. The highest BCUT2D eigenvalue weighted by molar-refractivity contribution is 5.95. The van der Waals surface area contributed by atoms with Gasteiger partial charge in [0.15, 0.2) is 0 Å². The van der Waals surface area contributed by atoms with Gasteiger partial charge in [0, 0.05) is 24.2 Å². The van der Waals surface area contributed by atoms with Crippen LogP contribution in [-0.2, 0) is 30.5 Å². The quantitative estimate of drug-likeness (QED) is 0.932. The van der Waals surface area contributed by atoms with Gasteiger partial charge in [-0.25, -0.2) is 5.10 Å². The van der Waals surface area contributed by atoms with Crippen LogP contribution < -0.4 is 10.5 Å². The topological polar surface area (TPSA) is 66.1 Å². The molecule has 0 atom stereocenters. The van der Waals surface area contributed by atoms with E-state index >= 15 is 0 Å². The minimum absolute atomic E-state index is 0.0204. The second-order valence-electron chi connectivity index (χ2n) is 6.98. The van der Waals surface area contributed by atoms with Crippen molar-refractivity contribution >= 4 is 11.6 Å². The van der Waals surface area contributed by atoms with Crippen molar-refractivity contribution in [3.05, 3.63) is 57.0 Å². The summed E-state index contributed by atoms with van der Waals surface area (Å²) in [6.45, 7) is 0.817. The number of rotatable bonds is 4. The number of fused-ring (bicyclic) bond motifs is 1. The molecule has 1 aliphatic carbocycles. The van der Waals surface area contributed by atoms with Crippen molar-refractivity contribution in [2.45, 2.75) is 51.4 Å². The van der Waals surface area contributed by atoms with Gasteiger partial charge in [-0.15, -0.1) is 0 Å². The van der Waals surface area contributed by atoms with Gasteiger partial charge < -0.3 is 4.90 Å². The van der Waals surface area contributed by atoms with E-state index in [2.05, 4.69) is 22.3 Å². The van der Waals surface area contributed by atoms with Crippen molar-refractivity contribution in [3.63, 3.8) is 0 Å². The molecule has 4 rings (SSSR count). The number of benzene rings is 1. The molecule has 0 saturated carbocycles. The summed E-state index contributed by atoms with van der Waals surface area (Å²) in [5.74, 6) is 0.216. The number of H-pyrrole nitrogens is 1. The number of aromatic nitrogens is 2. The van der Waals surface area contributed by atoms with Crippen molar-refractivity contribution in [1.29, 1.82) is 0 Å². The summed E-state index contributed by atoms with van der Waals surface area (Å²) in [5.41, 5.74) is 5.31. The number of nitrogens with zero attached hydrogens (tertiary/aromatic N) is 2. The van der Waals surface area contributed by atoms with E-state index in [0.717, 1.165) is 68.4 Å². The number of hydrogen-bond acceptors (Lipinski definition) is 3. The van der Waals surface area contributed by atoms with Crippen molar-refractivity contribution in [2.75, 3.05) is 11.4 Å². The number of amides is 1. The first kappa shape index (κ1) is 16.1. The van der Waals surface area contributed by atoms with E-state index in [1.54, 1.807) is 0 Å². The Balaban J connectivity index is 1.52. The zero-order valence-electron chi connectivity index (χ0n) is 14.4. The molecule has 5 heteroatoms. The summed E-state index contributed by atoms with van der Waals surface area (Å²) in [6, 6.07) is 8.24. The van der Waals surface area contributed by atoms with E-state index < -0.39 is 0 Å². The van der Waals surface area contributed by atoms with E-state index in [0.29, 0.717) is 6.42 Å². The molecule has 1 aromatic heterocycles. The highest BCUT2D eigenvalue weighted by Gasteiger charge is 2.22. The predicted molar refractivity (Wildman–Crippen MR) is 96.9 cm³/mol. The second kappa shape index (κ2) is 6.82. The van der Waals surface area contributed by atoms with Gasteiger partial charge in [-0.1, -0.05) is 12.1 Å². The third kappa shape index (κ3) is 3.23. The highest BCUT2D eigenvalue weighted by Crippen LogP contribution is 2.24. The highest BCUT2D eigenvalue weighted by atomic mass is 16.2. The van der Waals surface area contributed by atoms with Crippen molar-refractivity contribution in [2.24, 2.45) is 0 Å². The Morgan fingerprint density at radius 3 is 2.64 bits per heavy atom. The molecule has 2 aromatic rings. The van der Waals surface area contributed by atoms with E-state index in [1.165, 1.54) is 11.1 Å². The second-order valence-corrected chi connectivity index (χ2v) is 6.98. The largest absolute Gasteiger partial charge is 0.312 e. The van der Waals surface area contributed by atoms with Gasteiger partial charge in [-0.3, -0.25) is 9.59 Å². The predicted octanol–water partition coefficient (Wildman–Crippen LogP) is 2.56. The fourth-order valence-corrected chi connectivity index (χ4v) is 4.00. The van der Waals surface area contributed by atoms with Gasteiger partial charge in [0.1, 0.15) is 0 Å². The van der Waals surface area contributed by atoms with Crippen LogP contribution in [0, 0.1) is 0 Å². The Bertz CT molecular complexity index is 856. The lowest BCUT2D eigenvalue weighted by Gasteiger charge is -2.18. The Morgan fingerprint density at radius 1 is 1.00 bits per heavy atom. The van der Waals surface area contributed by atoms with Crippen LogP contribution in [0.2, 0.25) is 0 Å². The molecule has 1 saturated heterocycles. The zero-order chi connectivity index (χ0) is 17.2. The molecule has 1 aliphatic heterocycles. The SMILES string of the molecule is O=C1CCCN1c1cccc(CCc2n[nH]c(=O)c3c2CCCC3)c1. The average Bonchev–Trinajstić information content (AvgIpc) is 3.08. The molecule has 1 amide bonds. The summed E-state index contributed by atoms with van der Waals surface area (Å²) in [7, 11) is 0. The van der Waals surface area contributed by atoms with Gasteiger partial charge in [0.2, 0.25) is 5.91 Å². The number of aromatic amines is 1. The fourth-order valence-electron chi connectivity index (χ4n) is 4.00. The maximum Gasteiger partial charge on any atom is 0.267 e. The van der Waals surface area contributed by atoms with Gasteiger partial charge >= 0.3 is 0 Å². The van der Waals surface area contributed by atoms with Crippen LogP contribution >= 0.6 is 0 Å². The monoisotopic (exact) mass is 337 g/mol. The molecule has 1 aromatic carbocycles. The van der Waals surface area contributed by atoms with Gasteiger partial charge in [-0.2, -0.15) is 5.10 Å². The molecule has 130 valence electrons. The van der Waals surface area contributed by atoms with Crippen molar-refractivity contribution in [1.82, 2.24) is 10.2 Å². The fraction of sp³-hybridized carbons (Fsp3) is 0.450. The standard InChI is InChI=1S/C20H23N3O2/c24-19-9-4-12-23(19)15-6-3-5-14(13-15)10-11-18-16-7-1-2-8-17(16)20(25)22-21-18/h3,5-6,13H,1-2,4,7-12H2,(H,22,25). The maximum atomic E-state index is 12.0. The van der Waals surface area contributed by atoms with E-state index in [1.807, 2.05) is 17.0 Å². The third-order valence-corrected chi connectivity index (χ3v) is 5.33. The van der Waals surface area contributed by atoms with E-state index in [-0.39, 0.29) is 11.5 Å². The van der Waals surface area contributed by atoms with Crippen molar-refractivity contribution < 1.29 is 4.79 Å². The molecule has 0 radical (unpaired) electrons. The number of carbonyl (C=O) groups excluding carboxylic acids is 1. The molecule has 0 unspecified atom stereocenters. The Hall–Kier alpha value is -2.43. The van der Waals surface area contributed by atoms with E-state index in [9.17, 15) is 9.59 Å². The van der Waals surface area contributed by atoms with Crippen LogP contribution in [0.4, 0.5) is 5.69 Å². The number of hydrogen-bond donors (Lipinski definition) is 1. The Labute approximate surface area is 147 Å². The molecule has 5 nitrogen and oxygen atoms in total. The van der Waals surface area contributed by atoms with Crippen LogP contribution in [-0.4, -0.2) is 22.6 Å². The lowest BCUT2D eigenvalue weighted by molar-refractivity contribution is -0.117. The first-order valence-electron chi connectivity index (χ1n) is 9.21. The molecule has 0 bridgehead atoms.